The molecule has 0 unspecified atom stereocenters. The van der Waals surface area contributed by atoms with Crippen molar-refractivity contribution in [3.05, 3.63) is 18.2 Å². The fraction of sp³-hybridized carbons (Fsp3) is 0.500. The maximum atomic E-state index is 12.5. The van der Waals surface area contributed by atoms with Gasteiger partial charge in [-0.25, -0.2) is 18.7 Å². The highest BCUT2D eigenvalue weighted by atomic mass is 19.3. The van der Waals surface area contributed by atoms with E-state index in [0.29, 0.717) is 11.5 Å². The van der Waals surface area contributed by atoms with E-state index in [4.69, 9.17) is 0 Å². The molecule has 0 fully saturated rings. The lowest BCUT2D eigenvalue weighted by molar-refractivity contribution is -0.131. The summed E-state index contributed by atoms with van der Waals surface area (Å²) in [6.45, 7) is 4.05. The molecule has 4 nitrogen and oxygen atoms in total. The van der Waals surface area contributed by atoms with Crippen molar-refractivity contribution in [2.45, 2.75) is 27.2 Å². The van der Waals surface area contributed by atoms with Crippen molar-refractivity contribution < 1.29 is 13.6 Å². The van der Waals surface area contributed by atoms with Gasteiger partial charge in [-0.3, -0.25) is 4.79 Å². The van der Waals surface area contributed by atoms with Gasteiger partial charge in [0.05, 0.1) is 18.1 Å². The van der Waals surface area contributed by atoms with Crippen molar-refractivity contribution >= 4 is 11.6 Å². The molecule has 1 aromatic heterocycles. The molecule has 0 aliphatic rings. The third kappa shape index (κ3) is 2.71. The van der Waals surface area contributed by atoms with Gasteiger partial charge in [-0.05, 0) is 20.8 Å². The number of halogens is 2. The third-order valence-corrected chi connectivity index (χ3v) is 2.17. The predicted octanol–water partition coefficient (Wildman–Crippen LogP) is 2.01. The number of hydrogen-bond donors (Lipinski definition) is 1. The van der Waals surface area contributed by atoms with E-state index in [1.54, 1.807) is 6.92 Å². The Labute approximate surface area is 92.1 Å². The largest absolute Gasteiger partial charge is 0.323 e. The van der Waals surface area contributed by atoms with E-state index in [1.165, 1.54) is 26.2 Å². The monoisotopic (exact) mass is 229 g/mol. The zero-order valence-corrected chi connectivity index (χ0v) is 9.29. The fourth-order valence-electron chi connectivity index (χ4n) is 0.848. The molecular formula is C10H13F2N3O. The van der Waals surface area contributed by atoms with Crippen molar-refractivity contribution in [3.63, 3.8) is 0 Å². The number of nitrogens with one attached hydrogen (secondary N) is 1. The van der Waals surface area contributed by atoms with Crippen LogP contribution in [-0.4, -0.2) is 22.3 Å². The molecule has 88 valence electrons. The van der Waals surface area contributed by atoms with Gasteiger partial charge >= 0.3 is 0 Å². The summed E-state index contributed by atoms with van der Waals surface area (Å²) in [5.74, 6) is -0.207. The van der Waals surface area contributed by atoms with Crippen LogP contribution < -0.4 is 5.32 Å². The molecule has 0 radical (unpaired) electrons. The zero-order valence-electron chi connectivity index (χ0n) is 9.29. The highest BCUT2D eigenvalue weighted by molar-refractivity contribution is 5.94. The number of nitrogens with zero attached hydrogens (tertiary/aromatic N) is 2. The molecule has 0 spiro atoms. The number of anilines is 1. The molecule has 0 aliphatic carbocycles. The molecule has 0 saturated carbocycles. The topological polar surface area (TPSA) is 54.9 Å². The van der Waals surface area contributed by atoms with Gasteiger partial charge < -0.3 is 5.32 Å². The summed E-state index contributed by atoms with van der Waals surface area (Å²) < 4.78 is 25.1. The van der Waals surface area contributed by atoms with Gasteiger partial charge in [0.2, 0.25) is 5.91 Å². The number of rotatable bonds is 3. The van der Waals surface area contributed by atoms with Crippen LogP contribution in [0.15, 0.2) is 12.4 Å². The smallest absolute Gasteiger partial charge is 0.252 e. The molecule has 1 aromatic rings. The summed E-state index contributed by atoms with van der Waals surface area (Å²) in [6.07, 6.45) is 0.0303. The second kappa shape index (κ2) is 4.51. The highest BCUT2D eigenvalue weighted by Gasteiger charge is 2.37. The number of carbonyl (C=O) groups is 1. The Morgan fingerprint density at radius 1 is 1.38 bits per heavy atom. The molecule has 0 aromatic carbocycles. The quantitative estimate of drug-likeness (QED) is 0.862. The van der Waals surface area contributed by atoms with E-state index in [-0.39, 0.29) is 0 Å². The van der Waals surface area contributed by atoms with Crippen LogP contribution in [0.5, 0.6) is 0 Å². The van der Waals surface area contributed by atoms with Crippen LogP contribution in [-0.2, 0) is 4.79 Å². The van der Waals surface area contributed by atoms with Gasteiger partial charge in [0.15, 0.2) is 0 Å². The lowest BCUT2D eigenvalue weighted by atomic mass is 9.93. The Balaban J connectivity index is 2.75. The number of amides is 1. The molecule has 0 aliphatic heterocycles. The van der Waals surface area contributed by atoms with Crippen molar-refractivity contribution in [1.82, 2.24) is 9.97 Å². The summed E-state index contributed by atoms with van der Waals surface area (Å²) in [5, 5.41) is 2.35. The Morgan fingerprint density at radius 3 is 2.31 bits per heavy atom. The summed E-state index contributed by atoms with van der Waals surface area (Å²) in [6, 6.07) is 0. The van der Waals surface area contributed by atoms with Crippen molar-refractivity contribution in [3.8, 4) is 0 Å². The molecule has 16 heavy (non-hydrogen) atoms. The van der Waals surface area contributed by atoms with Crippen molar-refractivity contribution in [2.75, 3.05) is 5.32 Å². The average Bonchev–Trinajstić information content (AvgIpc) is 2.21. The van der Waals surface area contributed by atoms with Crippen LogP contribution >= 0.6 is 0 Å². The molecule has 1 heterocycles. The average molecular weight is 229 g/mol. The standard InChI is InChI=1S/C10H13F2N3O/c1-6-13-4-7(5-14-6)15-9(16)10(2,3)8(11)12/h4-5,8H,1-3H3,(H,15,16). The van der Waals surface area contributed by atoms with E-state index < -0.39 is 17.7 Å². The summed E-state index contributed by atoms with van der Waals surface area (Å²) >= 11 is 0. The van der Waals surface area contributed by atoms with Crippen LogP contribution in [0.2, 0.25) is 0 Å². The molecule has 0 saturated heterocycles. The van der Waals surface area contributed by atoms with Gasteiger partial charge in [-0.1, -0.05) is 0 Å². The minimum Gasteiger partial charge on any atom is -0.323 e. The van der Waals surface area contributed by atoms with Crippen molar-refractivity contribution in [1.29, 1.82) is 0 Å². The first-order chi connectivity index (χ1) is 7.34. The normalized spacial score (nSPS) is 11.6. The number of aryl methyl sites for hydroxylation is 1. The summed E-state index contributed by atoms with van der Waals surface area (Å²) in [4.78, 5) is 19.2. The third-order valence-electron chi connectivity index (χ3n) is 2.17. The first-order valence-corrected chi connectivity index (χ1v) is 4.72. The van der Waals surface area contributed by atoms with Gasteiger partial charge in [0.1, 0.15) is 11.2 Å². The Morgan fingerprint density at radius 2 is 1.88 bits per heavy atom. The maximum Gasteiger partial charge on any atom is 0.252 e. The van der Waals surface area contributed by atoms with E-state index >= 15 is 0 Å². The number of aromatic nitrogens is 2. The first kappa shape index (κ1) is 12.5. The first-order valence-electron chi connectivity index (χ1n) is 4.72. The minimum absolute atomic E-state index is 0.310. The molecule has 1 amide bonds. The van der Waals surface area contributed by atoms with Gasteiger partial charge in [-0.2, -0.15) is 0 Å². The van der Waals surface area contributed by atoms with Crippen LogP contribution in [0, 0.1) is 12.3 Å². The maximum absolute atomic E-state index is 12.5. The number of hydrogen-bond acceptors (Lipinski definition) is 3. The van der Waals surface area contributed by atoms with Gasteiger partial charge in [0.25, 0.3) is 6.43 Å². The van der Waals surface area contributed by atoms with E-state index in [1.807, 2.05) is 0 Å². The molecule has 6 heteroatoms. The second-order valence-corrected chi connectivity index (χ2v) is 4.00. The second-order valence-electron chi connectivity index (χ2n) is 4.00. The van der Waals surface area contributed by atoms with E-state index in [0.717, 1.165) is 0 Å². The molecule has 0 atom stereocenters. The summed E-state index contributed by atoms with van der Waals surface area (Å²) in [7, 11) is 0. The Kier molecular flexibility index (Phi) is 3.51. The van der Waals surface area contributed by atoms with Crippen LogP contribution in [0.25, 0.3) is 0 Å². The molecule has 1 rings (SSSR count). The zero-order chi connectivity index (χ0) is 12.3. The Bertz CT molecular complexity index is 376. The summed E-state index contributed by atoms with van der Waals surface area (Å²) in [5.41, 5.74) is -1.42. The predicted molar refractivity (Wildman–Crippen MR) is 55.2 cm³/mol. The van der Waals surface area contributed by atoms with Crippen LogP contribution in [0.1, 0.15) is 19.7 Å². The molecular weight excluding hydrogens is 216 g/mol. The number of carbonyl (C=O) groups excluding carboxylic acids is 1. The fourth-order valence-corrected chi connectivity index (χ4v) is 0.848. The number of alkyl halides is 2. The Hall–Kier alpha value is -1.59. The van der Waals surface area contributed by atoms with Crippen LogP contribution in [0.4, 0.5) is 14.5 Å². The van der Waals surface area contributed by atoms with Crippen molar-refractivity contribution in [2.24, 2.45) is 5.41 Å². The SMILES string of the molecule is Cc1ncc(NC(=O)C(C)(C)C(F)F)cn1. The van der Waals surface area contributed by atoms with Gasteiger partial charge in [-0.15, -0.1) is 0 Å². The lowest BCUT2D eigenvalue weighted by Gasteiger charge is -2.22. The van der Waals surface area contributed by atoms with Gasteiger partial charge in [0, 0.05) is 0 Å². The molecule has 1 N–H and O–H groups in total. The van der Waals surface area contributed by atoms with E-state index in [9.17, 15) is 13.6 Å². The minimum atomic E-state index is -2.72. The van der Waals surface area contributed by atoms with Crippen LogP contribution in [0.3, 0.4) is 0 Å². The molecule has 0 bridgehead atoms. The highest BCUT2D eigenvalue weighted by Crippen LogP contribution is 2.26. The van der Waals surface area contributed by atoms with E-state index in [2.05, 4.69) is 15.3 Å². The lowest BCUT2D eigenvalue weighted by Crippen LogP contribution is -2.36.